The zero-order valence-electron chi connectivity index (χ0n) is 14.3. The molecule has 0 saturated heterocycles. The fourth-order valence-electron chi connectivity index (χ4n) is 3.24. The van der Waals surface area contributed by atoms with Gasteiger partial charge in [-0.25, -0.2) is 0 Å². The smallest absolute Gasteiger partial charge is 0.283 e. The molecule has 0 fully saturated rings. The van der Waals surface area contributed by atoms with Gasteiger partial charge in [-0.2, -0.15) is 8.42 Å². The van der Waals surface area contributed by atoms with E-state index in [9.17, 15) is 23.2 Å². The van der Waals surface area contributed by atoms with Gasteiger partial charge in [0.2, 0.25) is 0 Å². The number of halogens is 4. The molecule has 0 aliphatic heterocycles. The second kappa shape index (κ2) is 7.87. The number of benzene rings is 3. The summed E-state index contributed by atoms with van der Waals surface area (Å²) < 4.78 is 34.0. The van der Waals surface area contributed by atoms with Crippen LogP contribution in [0.25, 0.3) is 0 Å². The second-order valence-corrected chi connectivity index (χ2v) is 9.28. The molecular weight excluding hydrogens is 482 g/mol. The van der Waals surface area contributed by atoms with Crippen molar-refractivity contribution >= 4 is 56.5 Å². The fourth-order valence-corrected chi connectivity index (χ4v) is 5.88. The van der Waals surface area contributed by atoms with E-state index in [-0.39, 0.29) is 31.8 Å². The molecule has 0 aliphatic carbocycles. The van der Waals surface area contributed by atoms with Crippen LogP contribution in [0.5, 0.6) is 11.5 Å². The Morgan fingerprint density at radius 1 is 0.828 bits per heavy atom. The molecule has 10 heteroatoms. The van der Waals surface area contributed by atoms with Crippen molar-refractivity contribution in [1.29, 1.82) is 0 Å². The first-order chi connectivity index (χ1) is 13.5. The monoisotopic (exact) mass is 492 g/mol. The molecule has 3 rings (SSSR count). The van der Waals surface area contributed by atoms with Crippen molar-refractivity contribution in [2.45, 2.75) is 4.75 Å². The van der Waals surface area contributed by atoms with Gasteiger partial charge < -0.3 is 10.2 Å². The fraction of sp³-hybridized carbons (Fsp3) is 0.0526. The molecule has 1 atom stereocenters. The summed E-state index contributed by atoms with van der Waals surface area (Å²) in [5, 5.41) is 19.7. The minimum Gasteiger partial charge on any atom is -0.508 e. The highest BCUT2D eigenvalue weighted by molar-refractivity contribution is 7.87. The third kappa shape index (κ3) is 3.65. The number of aromatic hydroxyl groups is 2. The van der Waals surface area contributed by atoms with Gasteiger partial charge in [-0.15, -0.1) is 0 Å². The summed E-state index contributed by atoms with van der Waals surface area (Å²) >= 11 is 25.0. The summed E-state index contributed by atoms with van der Waals surface area (Å²) in [6.45, 7) is 0. The molecule has 0 amide bonds. The first kappa shape index (κ1) is 22.0. The van der Waals surface area contributed by atoms with Gasteiger partial charge in [-0.1, -0.05) is 64.6 Å². The lowest BCUT2D eigenvalue weighted by Crippen LogP contribution is -2.39. The predicted octanol–water partition coefficient (Wildman–Crippen LogP) is 5.89. The Bertz CT molecular complexity index is 1190. The van der Waals surface area contributed by atoms with Crippen LogP contribution in [0.2, 0.25) is 20.1 Å². The average molecular weight is 494 g/mol. The minimum atomic E-state index is -5.14. The molecule has 0 heterocycles. The van der Waals surface area contributed by atoms with E-state index in [0.29, 0.717) is 0 Å². The highest BCUT2D eigenvalue weighted by atomic mass is 35.5. The van der Waals surface area contributed by atoms with Crippen molar-refractivity contribution in [2.24, 2.45) is 0 Å². The largest absolute Gasteiger partial charge is 0.508 e. The van der Waals surface area contributed by atoms with Crippen LogP contribution >= 0.6 is 46.4 Å². The van der Waals surface area contributed by atoms with Crippen molar-refractivity contribution in [3.8, 4) is 11.5 Å². The quantitative estimate of drug-likeness (QED) is 0.311. The van der Waals surface area contributed by atoms with Gasteiger partial charge in [0.1, 0.15) is 11.5 Å². The first-order valence-corrected chi connectivity index (χ1v) is 10.8. The Kier molecular flexibility index (Phi) is 5.98. The zero-order chi connectivity index (χ0) is 21.6. The number of phenols is 2. The van der Waals surface area contributed by atoms with Gasteiger partial charge in [-0.3, -0.25) is 4.55 Å². The predicted molar refractivity (Wildman–Crippen MR) is 114 cm³/mol. The molecule has 29 heavy (non-hydrogen) atoms. The van der Waals surface area contributed by atoms with Crippen LogP contribution in [0.15, 0.2) is 54.6 Å². The molecule has 0 spiro atoms. The van der Waals surface area contributed by atoms with Gasteiger partial charge in [0.15, 0.2) is 4.75 Å². The third-order valence-electron chi connectivity index (χ3n) is 4.35. The van der Waals surface area contributed by atoms with Crippen LogP contribution in [0.1, 0.15) is 16.7 Å². The topological polar surface area (TPSA) is 94.8 Å². The lowest BCUT2D eigenvalue weighted by atomic mass is 9.83. The van der Waals surface area contributed by atoms with Gasteiger partial charge in [0, 0.05) is 32.3 Å². The van der Waals surface area contributed by atoms with Crippen LogP contribution in [-0.2, 0) is 14.9 Å². The van der Waals surface area contributed by atoms with Crippen molar-refractivity contribution in [3.05, 3.63) is 91.4 Å². The van der Waals surface area contributed by atoms with E-state index in [1.807, 2.05) is 0 Å². The molecule has 0 radical (unpaired) electrons. The van der Waals surface area contributed by atoms with Gasteiger partial charge in [-0.05, 0) is 35.9 Å². The maximum absolute atomic E-state index is 13.0. The van der Waals surface area contributed by atoms with Crippen LogP contribution < -0.4 is 0 Å². The first-order valence-electron chi connectivity index (χ1n) is 7.89. The van der Waals surface area contributed by atoms with Crippen molar-refractivity contribution < 1.29 is 23.2 Å². The SMILES string of the molecule is O=S(=O)(O)C(c1cccc(Cl)c1)(c1cc(O)cc(O)c1Cl)c1c(Cl)cccc1Cl. The van der Waals surface area contributed by atoms with Crippen molar-refractivity contribution in [2.75, 3.05) is 0 Å². The Balaban J connectivity index is 2.68. The molecule has 5 nitrogen and oxygen atoms in total. The molecule has 0 aliphatic rings. The van der Waals surface area contributed by atoms with Crippen molar-refractivity contribution in [1.82, 2.24) is 0 Å². The summed E-state index contributed by atoms with van der Waals surface area (Å²) in [5.41, 5.74) is -0.647. The Morgan fingerprint density at radius 2 is 1.41 bits per heavy atom. The maximum Gasteiger partial charge on any atom is 0.283 e. The molecule has 3 aromatic carbocycles. The number of hydrogen-bond donors (Lipinski definition) is 3. The van der Waals surface area contributed by atoms with Crippen LogP contribution in [-0.4, -0.2) is 23.2 Å². The van der Waals surface area contributed by atoms with E-state index in [0.717, 1.165) is 12.1 Å². The normalized spacial score (nSPS) is 13.8. The van der Waals surface area contributed by atoms with Crippen LogP contribution in [0.3, 0.4) is 0 Å². The van der Waals surface area contributed by atoms with E-state index >= 15 is 0 Å². The number of hydrogen-bond acceptors (Lipinski definition) is 4. The van der Waals surface area contributed by atoms with Crippen LogP contribution in [0.4, 0.5) is 0 Å². The maximum atomic E-state index is 13.0. The summed E-state index contributed by atoms with van der Waals surface area (Å²) in [7, 11) is -5.14. The standard InChI is InChI=1S/C19H12Cl4O5S/c20-11-4-1-3-10(7-11)19(29(26,27)28,17-14(21)5-2-6-15(17)22)13-8-12(24)9-16(25)18(13)23/h1-9,24-25H,(H,26,27,28). The summed E-state index contributed by atoms with van der Waals surface area (Å²) in [6, 6.07) is 11.8. The van der Waals surface area contributed by atoms with E-state index < -0.39 is 31.4 Å². The molecule has 152 valence electrons. The number of rotatable bonds is 4. The van der Waals surface area contributed by atoms with E-state index in [2.05, 4.69) is 0 Å². The molecule has 0 bridgehead atoms. The van der Waals surface area contributed by atoms with Crippen molar-refractivity contribution in [3.63, 3.8) is 0 Å². The molecule has 0 aromatic heterocycles. The minimum absolute atomic E-state index is 0.0607. The third-order valence-corrected chi connectivity index (χ3v) is 7.05. The molecule has 1 unspecified atom stereocenters. The van der Waals surface area contributed by atoms with E-state index in [1.165, 1.54) is 42.5 Å². The average Bonchev–Trinajstić information content (AvgIpc) is 2.60. The van der Waals surface area contributed by atoms with E-state index in [1.54, 1.807) is 0 Å². The highest BCUT2D eigenvalue weighted by Crippen LogP contribution is 2.53. The summed E-state index contributed by atoms with van der Waals surface area (Å²) in [5.74, 6) is -1.11. The van der Waals surface area contributed by atoms with Crippen LogP contribution in [0, 0.1) is 0 Å². The Morgan fingerprint density at radius 3 is 1.97 bits per heavy atom. The molecule has 3 aromatic rings. The van der Waals surface area contributed by atoms with Gasteiger partial charge in [0.25, 0.3) is 10.1 Å². The lowest BCUT2D eigenvalue weighted by Gasteiger charge is -2.34. The van der Waals surface area contributed by atoms with Gasteiger partial charge in [0.05, 0.1) is 5.02 Å². The zero-order valence-corrected chi connectivity index (χ0v) is 18.1. The Labute approximate surface area is 186 Å². The Hall–Kier alpha value is -1.67. The second-order valence-electron chi connectivity index (χ2n) is 6.09. The summed E-state index contributed by atoms with van der Waals surface area (Å²) in [4.78, 5) is 0. The summed E-state index contributed by atoms with van der Waals surface area (Å²) in [6.07, 6.45) is 0. The molecule has 3 N–H and O–H groups in total. The van der Waals surface area contributed by atoms with Gasteiger partial charge >= 0.3 is 0 Å². The van der Waals surface area contributed by atoms with E-state index in [4.69, 9.17) is 46.4 Å². The molecular formula is C19H12Cl4O5S. The molecule has 0 saturated carbocycles. The highest BCUT2D eigenvalue weighted by Gasteiger charge is 2.52. The lowest BCUT2D eigenvalue weighted by molar-refractivity contribution is 0.444. The number of phenolic OH excluding ortho intramolecular Hbond substituents is 2.